The number of rotatable bonds is 4. The van der Waals surface area contributed by atoms with Crippen LogP contribution >= 0.6 is 12.4 Å². The Hall–Kier alpha value is -2.83. The molecule has 5 nitrogen and oxygen atoms in total. The fraction of sp³-hybridized carbons (Fsp3) is 0.150. The van der Waals surface area contributed by atoms with Gasteiger partial charge in [0, 0.05) is 29.3 Å². The molecule has 0 bridgehead atoms. The lowest BCUT2D eigenvalue weighted by Gasteiger charge is -2.14. The van der Waals surface area contributed by atoms with Gasteiger partial charge in [-0.2, -0.15) is 0 Å². The van der Waals surface area contributed by atoms with Crippen molar-refractivity contribution in [3.05, 3.63) is 77.6 Å². The van der Waals surface area contributed by atoms with E-state index in [4.69, 9.17) is 10.3 Å². The van der Waals surface area contributed by atoms with Crippen LogP contribution < -0.4 is 5.73 Å². The number of benzene rings is 1. The molecule has 0 aliphatic rings. The molecule has 4 rings (SSSR count). The zero-order valence-corrected chi connectivity index (χ0v) is 15.4. The maximum absolute atomic E-state index is 14.1. The van der Waals surface area contributed by atoms with E-state index < -0.39 is 6.04 Å². The van der Waals surface area contributed by atoms with Crippen LogP contribution in [0.5, 0.6) is 0 Å². The molecule has 0 fully saturated rings. The van der Waals surface area contributed by atoms with Gasteiger partial charge in [0.25, 0.3) is 0 Å². The van der Waals surface area contributed by atoms with E-state index in [2.05, 4.69) is 15.1 Å². The lowest BCUT2D eigenvalue weighted by Crippen LogP contribution is -2.18. The van der Waals surface area contributed by atoms with Crippen molar-refractivity contribution in [1.29, 1.82) is 0 Å². The third kappa shape index (κ3) is 3.67. The molecular formula is C20H18ClFN4O. The minimum absolute atomic E-state index is 0. The molecule has 0 spiro atoms. The first-order chi connectivity index (χ1) is 12.6. The molecule has 0 aliphatic carbocycles. The molecule has 0 unspecified atom stereocenters. The van der Waals surface area contributed by atoms with Crippen LogP contribution in [-0.2, 0) is 6.42 Å². The van der Waals surface area contributed by atoms with E-state index >= 15 is 0 Å². The van der Waals surface area contributed by atoms with Gasteiger partial charge < -0.3 is 10.3 Å². The molecule has 2 N–H and O–H groups in total. The predicted octanol–water partition coefficient (Wildman–Crippen LogP) is 4.40. The summed E-state index contributed by atoms with van der Waals surface area (Å²) in [5.74, 6) is -0.365. The molecule has 27 heavy (non-hydrogen) atoms. The minimum atomic E-state index is -0.523. The van der Waals surface area contributed by atoms with E-state index in [0.717, 1.165) is 16.6 Å². The van der Waals surface area contributed by atoms with E-state index in [9.17, 15) is 4.39 Å². The van der Waals surface area contributed by atoms with Crippen molar-refractivity contribution in [3.8, 4) is 11.3 Å². The maximum Gasteiger partial charge on any atom is 0.167 e. The topological polar surface area (TPSA) is 77.8 Å². The number of halogens is 2. The van der Waals surface area contributed by atoms with Crippen molar-refractivity contribution in [3.63, 3.8) is 0 Å². The summed E-state index contributed by atoms with van der Waals surface area (Å²) in [6.45, 7) is 1.82. The molecule has 1 atom stereocenters. The molecule has 0 aliphatic heterocycles. The van der Waals surface area contributed by atoms with Crippen molar-refractivity contribution in [2.45, 2.75) is 19.4 Å². The predicted molar refractivity (Wildman–Crippen MR) is 104 cm³/mol. The summed E-state index contributed by atoms with van der Waals surface area (Å²) in [6, 6.07) is 13.8. The molecule has 0 amide bonds. The minimum Gasteiger partial charge on any atom is -0.356 e. The first-order valence-corrected chi connectivity index (χ1v) is 8.31. The van der Waals surface area contributed by atoms with Gasteiger partial charge in [-0.3, -0.25) is 9.97 Å². The number of aryl methyl sites for hydroxylation is 1. The molecule has 0 radical (unpaired) electrons. The molecule has 3 heterocycles. The van der Waals surface area contributed by atoms with Gasteiger partial charge in [-0.25, -0.2) is 4.39 Å². The fourth-order valence-corrected chi connectivity index (χ4v) is 3.03. The second-order valence-corrected chi connectivity index (χ2v) is 6.16. The number of para-hydroxylation sites is 1. The Morgan fingerprint density at radius 2 is 1.93 bits per heavy atom. The van der Waals surface area contributed by atoms with Gasteiger partial charge in [0.15, 0.2) is 5.58 Å². The SMILES string of the molecule is Cc1ccc(F)c(C[C@H](N)c2ncccc2-c2noc3ccccc23)n1.Cl. The van der Waals surface area contributed by atoms with E-state index in [0.29, 0.717) is 22.7 Å². The van der Waals surface area contributed by atoms with E-state index in [1.165, 1.54) is 6.07 Å². The van der Waals surface area contributed by atoms with Gasteiger partial charge in [-0.1, -0.05) is 17.3 Å². The molecule has 138 valence electrons. The summed E-state index contributed by atoms with van der Waals surface area (Å²) in [6.07, 6.45) is 1.91. The van der Waals surface area contributed by atoms with E-state index in [-0.39, 0.29) is 24.6 Å². The number of nitrogens with two attached hydrogens (primary N) is 1. The van der Waals surface area contributed by atoms with Gasteiger partial charge in [0.2, 0.25) is 0 Å². The second-order valence-electron chi connectivity index (χ2n) is 6.16. The van der Waals surface area contributed by atoms with Gasteiger partial charge in [0.1, 0.15) is 11.5 Å². The lowest BCUT2D eigenvalue weighted by molar-refractivity contribution is 0.459. The third-order valence-electron chi connectivity index (χ3n) is 4.29. The Morgan fingerprint density at radius 1 is 1.11 bits per heavy atom. The number of fused-ring (bicyclic) bond motifs is 1. The number of pyridine rings is 2. The first-order valence-electron chi connectivity index (χ1n) is 8.31. The van der Waals surface area contributed by atoms with Crippen molar-refractivity contribution in [2.75, 3.05) is 0 Å². The summed E-state index contributed by atoms with van der Waals surface area (Å²) in [7, 11) is 0. The molecule has 3 aromatic heterocycles. The highest BCUT2D eigenvalue weighted by molar-refractivity contribution is 5.92. The van der Waals surface area contributed by atoms with Crippen LogP contribution in [0.2, 0.25) is 0 Å². The Bertz CT molecular complexity index is 1080. The average Bonchev–Trinajstić information content (AvgIpc) is 3.08. The summed E-state index contributed by atoms with van der Waals surface area (Å²) < 4.78 is 19.5. The monoisotopic (exact) mass is 384 g/mol. The Balaban J connectivity index is 0.00000210. The van der Waals surface area contributed by atoms with E-state index in [1.807, 2.05) is 43.3 Å². The number of aromatic nitrogens is 3. The highest BCUT2D eigenvalue weighted by atomic mass is 35.5. The second kappa shape index (κ2) is 7.82. The van der Waals surface area contributed by atoms with Crippen LogP contribution in [0.4, 0.5) is 4.39 Å². The Kier molecular flexibility index (Phi) is 5.48. The largest absolute Gasteiger partial charge is 0.356 e. The molecule has 1 aromatic carbocycles. The van der Waals surface area contributed by atoms with Crippen molar-refractivity contribution >= 4 is 23.4 Å². The molecular weight excluding hydrogens is 367 g/mol. The van der Waals surface area contributed by atoms with Crippen LogP contribution in [-0.4, -0.2) is 15.1 Å². The quantitative estimate of drug-likeness (QED) is 0.564. The van der Waals surface area contributed by atoms with Crippen molar-refractivity contribution in [1.82, 2.24) is 15.1 Å². The molecule has 0 saturated carbocycles. The summed E-state index contributed by atoms with van der Waals surface area (Å²) >= 11 is 0. The summed E-state index contributed by atoms with van der Waals surface area (Å²) in [4.78, 5) is 8.70. The fourth-order valence-electron chi connectivity index (χ4n) is 3.03. The van der Waals surface area contributed by atoms with Crippen LogP contribution in [0.25, 0.3) is 22.2 Å². The standard InChI is InChI=1S/C20H17FN4O.ClH/c1-12-8-9-15(21)17(24-12)11-16(22)20-14(6-4-10-23-20)19-13-5-2-3-7-18(13)26-25-19;/h2-10,16H,11,22H2,1H3;1H/t16-;/m0./s1. The maximum atomic E-state index is 14.1. The zero-order valence-electron chi connectivity index (χ0n) is 14.6. The molecule has 0 saturated heterocycles. The Labute approximate surface area is 161 Å². The van der Waals surface area contributed by atoms with E-state index in [1.54, 1.807) is 12.3 Å². The van der Waals surface area contributed by atoms with Crippen LogP contribution in [0.15, 0.2) is 59.3 Å². The van der Waals surface area contributed by atoms with Gasteiger partial charge in [0.05, 0.1) is 17.4 Å². The van der Waals surface area contributed by atoms with Crippen LogP contribution in [0.3, 0.4) is 0 Å². The third-order valence-corrected chi connectivity index (χ3v) is 4.29. The zero-order chi connectivity index (χ0) is 18.1. The lowest BCUT2D eigenvalue weighted by atomic mass is 9.99. The summed E-state index contributed by atoms with van der Waals surface area (Å²) in [5, 5.41) is 5.07. The normalized spacial score (nSPS) is 12.0. The smallest absolute Gasteiger partial charge is 0.167 e. The van der Waals surface area contributed by atoms with Crippen LogP contribution in [0, 0.1) is 12.7 Å². The highest BCUT2D eigenvalue weighted by Crippen LogP contribution is 2.32. The van der Waals surface area contributed by atoms with Gasteiger partial charge in [-0.15, -0.1) is 12.4 Å². The van der Waals surface area contributed by atoms with Crippen molar-refractivity contribution in [2.24, 2.45) is 5.73 Å². The number of hydrogen-bond acceptors (Lipinski definition) is 5. The average molecular weight is 385 g/mol. The van der Waals surface area contributed by atoms with Gasteiger partial charge >= 0.3 is 0 Å². The number of nitrogens with zero attached hydrogens (tertiary/aromatic N) is 3. The molecule has 4 aromatic rings. The van der Waals surface area contributed by atoms with Gasteiger partial charge in [-0.05, 0) is 43.3 Å². The Morgan fingerprint density at radius 3 is 2.78 bits per heavy atom. The highest BCUT2D eigenvalue weighted by Gasteiger charge is 2.20. The van der Waals surface area contributed by atoms with Crippen molar-refractivity contribution < 1.29 is 8.91 Å². The first kappa shape index (κ1) is 18.9. The number of hydrogen-bond donors (Lipinski definition) is 1. The van der Waals surface area contributed by atoms with Crippen LogP contribution in [0.1, 0.15) is 23.1 Å². The molecule has 7 heteroatoms. The summed E-state index contributed by atoms with van der Waals surface area (Å²) in [5.41, 5.74) is 10.2.